The van der Waals surface area contributed by atoms with Crippen LogP contribution in [0.25, 0.3) is 101 Å². The fraction of sp³-hybridized carbons (Fsp3) is 0. The first kappa shape index (κ1) is 37.8. The van der Waals surface area contributed by atoms with Gasteiger partial charge in [0.1, 0.15) is 5.82 Å². The lowest BCUT2D eigenvalue weighted by molar-refractivity contribution is 0.103. The van der Waals surface area contributed by atoms with Crippen LogP contribution in [0.1, 0.15) is 44.5 Å². The first-order valence-corrected chi connectivity index (χ1v) is 21.6. The number of H-pyrrole nitrogens is 3. The lowest BCUT2D eigenvalue weighted by Gasteiger charge is -2.08. The van der Waals surface area contributed by atoms with E-state index >= 15 is 0 Å². The number of aromatic amines is 3. The summed E-state index contributed by atoms with van der Waals surface area (Å²) in [6, 6.07) is 65.3. The van der Waals surface area contributed by atoms with Crippen molar-refractivity contribution in [3.63, 3.8) is 0 Å². The number of imidazole rings is 1. The molecule has 6 heterocycles. The summed E-state index contributed by atoms with van der Waals surface area (Å²) in [4.78, 5) is 41.3. The Labute approximate surface area is 374 Å². The van der Waals surface area contributed by atoms with Crippen molar-refractivity contribution in [1.29, 1.82) is 0 Å². The summed E-state index contributed by atoms with van der Waals surface area (Å²) < 4.78 is 0. The summed E-state index contributed by atoms with van der Waals surface area (Å²) in [7, 11) is 0. The smallest absolute Gasteiger partial charge is 0.193 e. The maximum atomic E-state index is 13.6. The SMILES string of the molecule is O=C(c1ccccc1)c1ccc2[nH]c(C3=Cc4nc3c(-c3ccccc3)c3ccc([nH]3)c(-c3ccccc3)c3nc(c(-c5ccccc5)c5ccc([nH]5)c4-c4ccccc4)C=C3)nc2c1. The summed E-state index contributed by atoms with van der Waals surface area (Å²) in [5.41, 5.74) is 18.3. The van der Waals surface area contributed by atoms with Crippen molar-refractivity contribution < 1.29 is 4.79 Å². The largest absolute Gasteiger partial charge is 0.354 e. The lowest BCUT2D eigenvalue weighted by atomic mass is 9.99. The van der Waals surface area contributed by atoms with E-state index in [1.165, 1.54) is 0 Å². The van der Waals surface area contributed by atoms with Crippen LogP contribution in [-0.2, 0) is 0 Å². The van der Waals surface area contributed by atoms with E-state index in [4.69, 9.17) is 15.0 Å². The summed E-state index contributed by atoms with van der Waals surface area (Å²) in [5, 5.41) is 0. The molecule has 0 aliphatic carbocycles. The zero-order valence-corrected chi connectivity index (χ0v) is 35.0. The first-order chi connectivity index (χ1) is 32.1. The third-order valence-electron chi connectivity index (χ3n) is 12.1. The predicted octanol–water partition coefficient (Wildman–Crippen LogP) is 13.8. The van der Waals surface area contributed by atoms with Gasteiger partial charge in [-0.1, -0.05) is 152 Å². The predicted molar refractivity (Wildman–Crippen MR) is 265 cm³/mol. The molecule has 0 atom stereocenters. The number of nitrogens with zero attached hydrogens (tertiary/aromatic N) is 3. The zero-order chi connectivity index (χ0) is 43.3. The molecule has 7 heteroatoms. The molecule has 65 heavy (non-hydrogen) atoms. The maximum Gasteiger partial charge on any atom is 0.193 e. The van der Waals surface area contributed by atoms with Gasteiger partial charge in [-0.3, -0.25) is 4.79 Å². The molecule has 0 spiro atoms. The Morgan fingerprint density at radius 3 is 1.31 bits per heavy atom. The second kappa shape index (κ2) is 15.8. The van der Waals surface area contributed by atoms with Crippen LogP contribution in [0.5, 0.6) is 0 Å². The molecule has 0 unspecified atom stereocenters. The Hall–Kier alpha value is -8.94. The van der Waals surface area contributed by atoms with Crippen LogP contribution in [0.15, 0.2) is 194 Å². The van der Waals surface area contributed by atoms with Crippen molar-refractivity contribution in [2.45, 2.75) is 0 Å². The third kappa shape index (κ3) is 6.79. The van der Waals surface area contributed by atoms with Crippen LogP contribution >= 0.6 is 0 Å². The van der Waals surface area contributed by atoms with Gasteiger partial charge in [0.25, 0.3) is 0 Å². The molecule has 0 saturated heterocycles. The highest BCUT2D eigenvalue weighted by Crippen LogP contribution is 2.42. The minimum atomic E-state index is -0.0546. The molecule has 7 nitrogen and oxygen atoms in total. The van der Waals surface area contributed by atoms with E-state index in [0.29, 0.717) is 22.5 Å². The van der Waals surface area contributed by atoms with E-state index in [1.807, 2.05) is 72.8 Å². The highest BCUT2D eigenvalue weighted by molar-refractivity contribution is 6.11. The molecule has 2 aliphatic heterocycles. The van der Waals surface area contributed by atoms with E-state index in [-0.39, 0.29) is 5.78 Å². The van der Waals surface area contributed by atoms with Crippen molar-refractivity contribution in [2.75, 3.05) is 0 Å². The molecular formula is C58H38N6O. The summed E-state index contributed by atoms with van der Waals surface area (Å²) in [5.74, 6) is 0.584. The van der Waals surface area contributed by atoms with Gasteiger partial charge in [-0.25, -0.2) is 15.0 Å². The van der Waals surface area contributed by atoms with Crippen molar-refractivity contribution in [3.05, 3.63) is 234 Å². The molecule has 6 aromatic carbocycles. The van der Waals surface area contributed by atoms with E-state index < -0.39 is 0 Å². The van der Waals surface area contributed by atoms with E-state index in [0.717, 1.165) is 100 Å². The van der Waals surface area contributed by atoms with Gasteiger partial charge in [-0.15, -0.1) is 0 Å². The average molecular weight is 835 g/mol. The normalized spacial score (nSPS) is 12.1. The van der Waals surface area contributed by atoms with Crippen molar-refractivity contribution in [2.24, 2.45) is 0 Å². The van der Waals surface area contributed by atoms with Crippen molar-refractivity contribution >= 4 is 62.7 Å². The van der Waals surface area contributed by atoms with E-state index in [1.54, 1.807) is 0 Å². The molecule has 4 aromatic heterocycles. The fourth-order valence-corrected chi connectivity index (χ4v) is 9.13. The summed E-state index contributed by atoms with van der Waals surface area (Å²) >= 11 is 0. The molecule has 12 rings (SSSR count). The Bertz CT molecular complexity index is 3700. The maximum absolute atomic E-state index is 13.6. The van der Waals surface area contributed by atoms with Gasteiger partial charge >= 0.3 is 0 Å². The van der Waals surface area contributed by atoms with Gasteiger partial charge in [0, 0.05) is 61.0 Å². The topological polar surface area (TPSA) is 103 Å². The number of nitrogens with one attached hydrogen (secondary N) is 3. The number of benzene rings is 6. The number of rotatable bonds is 7. The number of carbonyl (C=O) groups excluding carboxylic acids is 1. The van der Waals surface area contributed by atoms with Crippen molar-refractivity contribution in [3.8, 4) is 44.5 Å². The second-order valence-electron chi connectivity index (χ2n) is 16.2. The molecule has 0 fully saturated rings. The monoisotopic (exact) mass is 834 g/mol. The molecule has 8 bridgehead atoms. The van der Waals surface area contributed by atoms with Gasteiger partial charge in [-0.05, 0) is 82.9 Å². The number of carbonyl (C=O) groups is 1. The number of ketones is 1. The fourth-order valence-electron chi connectivity index (χ4n) is 9.13. The molecule has 0 radical (unpaired) electrons. The van der Waals surface area contributed by atoms with Gasteiger partial charge in [0.15, 0.2) is 5.78 Å². The van der Waals surface area contributed by atoms with Crippen LogP contribution in [0, 0.1) is 0 Å². The highest BCUT2D eigenvalue weighted by atomic mass is 16.1. The van der Waals surface area contributed by atoms with E-state index in [2.05, 4.69) is 155 Å². The molecular weight excluding hydrogens is 797 g/mol. The number of aromatic nitrogens is 6. The Kier molecular flexibility index (Phi) is 9.16. The quantitative estimate of drug-likeness (QED) is 0.139. The minimum Gasteiger partial charge on any atom is -0.354 e. The molecule has 0 saturated carbocycles. The Balaban J connectivity index is 1.21. The van der Waals surface area contributed by atoms with Crippen LogP contribution in [0.4, 0.5) is 0 Å². The average Bonchev–Trinajstić information content (AvgIpc) is 4.24. The van der Waals surface area contributed by atoms with Crippen LogP contribution in [-0.4, -0.2) is 35.7 Å². The van der Waals surface area contributed by atoms with Crippen LogP contribution < -0.4 is 0 Å². The van der Waals surface area contributed by atoms with Crippen LogP contribution in [0.3, 0.4) is 0 Å². The van der Waals surface area contributed by atoms with Gasteiger partial charge in [-0.2, -0.15) is 0 Å². The molecule has 3 N–H and O–H groups in total. The van der Waals surface area contributed by atoms with Gasteiger partial charge in [0.2, 0.25) is 0 Å². The summed E-state index contributed by atoms with van der Waals surface area (Å²) in [6.45, 7) is 0. The Morgan fingerprint density at radius 2 is 0.800 bits per heavy atom. The number of hydrogen-bond acceptors (Lipinski definition) is 4. The highest BCUT2D eigenvalue weighted by Gasteiger charge is 2.25. The standard InChI is InChI=1S/C58H38N6O/c65-57(40-24-14-5-15-25-40)41-26-27-43-50(34-41)64-58(63-43)42-35-51-54(38-20-10-3-11-21-38)48-31-30-46(60-48)52(36-16-6-1-7-17-36)44-28-29-45(59-44)53(37-18-8-2-9-19-37)47-32-33-49(61-47)55(56(42)62-51)39-22-12-4-13-23-39/h1-35,60-61H,(H,63,64). The second-order valence-corrected chi connectivity index (χ2v) is 16.2. The van der Waals surface area contributed by atoms with Gasteiger partial charge in [0.05, 0.1) is 33.8 Å². The van der Waals surface area contributed by atoms with Crippen molar-refractivity contribution in [1.82, 2.24) is 29.9 Å². The molecule has 0 amide bonds. The number of fused-ring (bicyclic) bond motifs is 9. The Morgan fingerprint density at radius 1 is 0.369 bits per heavy atom. The van der Waals surface area contributed by atoms with Crippen LogP contribution in [0.2, 0.25) is 0 Å². The zero-order valence-electron chi connectivity index (χ0n) is 35.0. The summed E-state index contributed by atoms with van der Waals surface area (Å²) in [6.07, 6.45) is 6.39. The van der Waals surface area contributed by atoms with Gasteiger partial charge < -0.3 is 15.0 Å². The molecule has 2 aliphatic rings. The number of hydrogen-bond donors (Lipinski definition) is 3. The third-order valence-corrected chi connectivity index (χ3v) is 12.1. The molecule has 306 valence electrons. The first-order valence-electron chi connectivity index (χ1n) is 21.6. The van der Waals surface area contributed by atoms with E-state index in [9.17, 15) is 4.79 Å². The lowest BCUT2D eigenvalue weighted by Crippen LogP contribution is -2.00. The molecule has 10 aromatic rings. The minimum absolute atomic E-state index is 0.0546.